The minimum absolute atomic E-state index is 0.304. The highest BCUT2D eigenvalue weighted by molar-refractivity contribution is 5.28. The van der Waals surface area contributed by atoms with Crippen LogP contribution in [0.25, 0.3) is 0 Å². The van der Waals surface area contributed by atoms with Crippen LogP contribution in [0.15, 0.2) is 24.3 Å². The highest BCUT2D eigenvalue weighted by Gasteiger charge is 2.17. The monoisotopic (exact) mass is 233 g/mol. The van der Waals surface area contributed by atoms with E-state index in [1.165, 1.54) is 36.8 Å². The Morgan fingerprint density at radius 1 is 1.00 bits per heavy atom. The van der Waals surface area contributed by atoms with Crippen molar-refractivity contribution >= 4 is 0 Å². The largest absolute Gasteiger partial charge is 0.330 e. The number of unbranched alkanes of at least 4 members (excludes halogenated alkanes) is 2. The minimum atomic E-state index is 0.304. The van der Waals surface area contributed by atoms with Gasteiger partial charge >= 0.3 is 0 Å². The van der Waals surface area contributed by atoms with E-state index < -0.39 is 0 Å². The van der Waals surface area contributed by atoms with E-state index in [9.17, 15) is 0 Å². The predicted octanol–water partition coefficient (Wildman–Crippen LogP) is 4.05. The second-order valence-electron chi connectivity index (χ2n) is 5.53. The van der Waals surface area contributed by atoms with Crippen molar-refractivity contribution in [2.24, 2.45) is 5.73 Å². The number of nitrogens with two attached hydrogens (primary N) is 1. The van der Waals surface area contributed by atoms with Crippen molar-refractivity contribution < 1.29 is 0 Å². The SMILES string of the molecule is CCC(C)(C)c1ccc(CCCCCN)cc1. The Kier molecular flexibility index (Phi) is 5.70. The second-order valence-corrected chi connectivity index (χ2v) is 5.53. The second kappa shape index (κ2) is 6.80. The van der Waals surface area contributed by atoms with Gasteiger partial charge in [0.05, 0.1) is 0 Å². The van der Waals surface area contributed by atoms with Gasteiger partial charge in [0.1, 0.15) is 0 Å². The van der Waals surface area contributed by atoms with Crippen LogP contribution in [-0.4, -0.2) is 6.54 Å². The topological polar surface area (TPSA) is 26.0 Å². The maximum atomic E-state index is 5.49. The molecule has 0 fully saturated rings. The third-order valence-corrected chi connectivity index (χ3v) is 3.79. The summed E-state index contributed by atoms with van der Waals surface area (Å²) < 4.78 is 0. The molecule has 0 radical (unpaired) electrons. The molecular formula is C16H27N. The summed E-state index contributed by atoms with van der Waals surface area (Å²) in [5.41, 5.74) is 8.70. The van der Waals surface area contributed by atoms with Crippen molar-refractivity contribution in [1.29, 1.82) is 0 Å². The molecular weight excluding hydrogens is 206 g/mol. The zero-order valence-corrected chi connectivity index (χ0v) is 11.6. The molecule has 0 aromatic heterocycles. The van der Waals surface area contributed by atoms with Crippen LogP contribution < -0.4 is 5.73 Å². The first-order chi connectivity index (χ1) is 8.10. The van der Waals surface area contributed by atoms with Crippen LogP contribution in [0.5, 0.6) is 0 Å². The van der Waals surface area contributed by atoms with Crippen molar-refractivity contribution in [1.82, 2.24) is 0 Å². The Labute approximate surface area is 106 Å². The first-order valence-electron chi connectivity index (χ1n) is 6.89. The Hall–Kier alpha value is -0.820. The molecule has 0 saturated heterocycles. The van der Waals surface area contributed by atoms with Crippen molar-refractivity contribution in [3.63, 3.8) is 0 Å². The van der Waals surface area contributed by atoms with Gasteiger partial charge < -0.3 is 5.73 Å². The highest BCUT2D eigenvalue weighted by Crippen LogP contribution is 2.26. The summed E-state index contributed by atoms with van der Waals surface area (Å²) >= 11 is 0. The molecule has 1 rings (SSSR count). The first-order valence-corrected chi connectivity index (χ1v) is 6.89. The lowest BCUT2D eigenvalue weighted by Gasteiger charge is -2.23. The van der Waals surface area contributed by atoms with Crippen molar-refractivity contribution in [2.45, 2.75) is 58.3 Å². The molecule has 0 bridgehead atoms. The summed E-state index contributed by atoms with van der Waals surface area (Å²) in [5, 5.41) is 0. The molecule has 1 aromatic carbocycles. The summed E-state index contributed by atoms with van der Waals surface area (Å²) in [6.45, 7) is 7.69. The van der Waals surface area contributed by atoms with E-state index in [-0.39, 0.29) is 0 Å². The molecule has 2 N–H and O–H groups in total. The predicted molar refractivity (Wildman–Crippen MR) is 76.4 cm³/mol. The van der Waals surface area contributed by atoms with Gasteiger partial charge in [-0.2, -0.15) is 0 Å². The average Bonchev–Trinajstić information content (AvgIpc) is 2.35. The molecule has 0 aliphatic carbocycles. The summed E-state index contributed by atoms with van der Waals surface area (Å²) in [5.74, 6) is 0. The van der Waals surface area contributed by atoms with Crippen LogP contribution in [0.4, 0.5) is 0 Å². The van der Waals surface area contributed by atoms with Gasteiger partial charge in [0.2, 0.25) is 0 Å². The fourth-order valence-corrected chi connectivity index (χ4v) is 1.98. The van der Waals surface area contributed by atoms with Gasteiger partial charge in [-0.15, -0.1) is 0 Å². The number of rotatable bonds is 7. The molecule has 0 spiro atoms. The van der Waals surface area contributed by atoms with Crippen LogP contribution >= 0.6 is 0 Å². The molecule has 1 heteroatoms. The van der Waals surface area contributed by atoms with E-state index in [1.807, 2.05) is 0 Å². The fraction of sp³-hybridized carbons (Fsp3) is 0.625. The smallest absolute Gasteiger partial charge is 0.00773 e. The molecule has 1 nitrogen and oxygen atoms in total. The lowest BCUT2D eigenvalue weighted by molar-refractivity contribution is 0.506. The standard InChI is InChI=1S/C16H27N/c1-4-16(2,3)15-11-9-14(10-12-15)8-6-5-7-13-17/h9-12H,4-8,13,17H2,1-3H3. The van der Waals surface area contributed by atoms with Gasteiger partial charge in [0.15, 0.2) is 0 Å². The van der Waals surface area contributed by atoms with E-state index in [4.69, 9.17) is 5.73 Å². The third-order valence-electron chi connectivity index (χ3n) is 3.79. The van der Waals surface area contributed by atoms with E-state index >= 15 is 0 Å². The normalized spacial score (nSPS) is 11.8. The van der Waals surface area contributed by atoms with E-state index in [0.29, 0.717) is 5.41 Å². The minimum Gasteiger partial charge on any atom is -0.330 e. The van der Waals surface area contributed by atoms with Crippen LogP contribution in [0.2, 0.25) is 0 Å². The summed E-state index contributed by atoms with van der Waals surface area (Å²) in [7, 11) is 0. The van der Waals surface area contributed by atoms with Crippen molar-refractivity contribution in [3.05, 3.63) is 35.4 Å². The lowest BCUT2D eigenvalue weighted by atomic mass is 9.82. The molecule has 0 saturated carbocycles. The van der Waals surface area contributed by atoms with Gasteiger partial charge in [-0.3, -0.25) is 0 Å². The zero-order chi connectivity index (χ0) is 12.7. The van der Waals surface area contributed by atoms with Crippen molar-refractivity contribution in [3.8, 4) is 0 Å². The van der Waals surface area contributed by atoms with E-state index in [2.05, 4.69) is 45.0 Å². The average molecular weight is 233 g/mol. The maximum absolute atomic E-state index is 5.49. The third kappa shape index (κ3) is 4.51. The van der Waals surface area contributed by atoms with Gasteiger partial charge in [-0.05, 0) is 48.8 Å². The van der Waals surface area contributed by atoms with Gasteiger partial charge in [0.25, 0.3) is 0 Å². The lowest BCUT2D eigenvalue weighted by Crippen LogP contribution is -2.15. The molecule has 0 amide bonds. The number of hydrogen-bond donors (Lipinski definition) is 1. The quantitative estimate of drug-likeness (QED) is 0.707. The van der Waals surface area contributed by atoms with Crippen LogP contribution in [0.1, 0.15) is 57.6 Å². The molecule has 1 aromatic rings. The molecule has 17 heavy (non-hydrogen) atoms. The van der Waals surface area contributed by atoms with Crippen LogP contribution in [0.3, 0.4) is 0 Å². The number of aryl methyl sites for hydroxylation is 1. The van der Waals surface area contributed by atoms with E-state index in [0.717, 1.165) is 13.0 Å². The molecule has 0 aliphatic rings. The maximum Gasteiger partial charge on any atom is -0.00773 e. The first kappa shape index (κ1) is 14.2. The van der Waals surface area contributed by atoms with Crippen molar-refractivity contribution in [2.75, 3.05) is 6.54 Å². The molecule has 0 heterocycles. The highest BCUT2D eigenvalue weighted by atomic mass is 14.5. The Bertz CT molecular complexity index is 311. The van der Waals surface area contributed by atoms with Gasteiger partial charge in [0, 0.05) is 0 Å². The number of hydrogen-bond acceptors (Lipinski definition) is 1. The zero-order valence-electron chi connectivity index (χ0n) is 11.6. The summed E-state index contributed by atoms with van der Waals surface area (Å²) in [6.07, 6.45) is 6.03. The van der Waals surface area contributed by atoms with E-state index in [1.54, 1.807) is 0 Å². The molecule has 0 unspecified atom stereocenters. The molecule has 0 aliphatic heterocycles. The molecule has 0 atom stereocenters. The fourth-order valence-electron chi connectivity index (χ4n) is 1.98. The summed E-state index contributed by atoms with van der Waals surface area (Å²) in [6, 6.07) is 9.16. The Morgan fingerprint density at radius 2 is 1.65 bits per heavy atom. The summed E-state index contributed by atoms with van der Waals surface area (Å²) in [4.78, 5) is 0. The Balaban J connectivity index is 2.50. The Morgan fingerprint density at radius 3 is 2.18 bits per heavy atom. The van der Waals surface area contributed by atoms with Gasteiger partial charge in [-0.1, -0.05) is 51.5 Å². The van der Waals surface area contributed by atoms with Crippen LogP contribution in [0, 0.1) is 0 Å². The number of benzene rings is 1. The molecule has 96 valence electrons. The van der Waals surface area contributed by atoms with Crippen LogP contribution in [-0.2, 0) is 11.8 Å². The van der Waals surface area contributed by atoms with Gasteiger partial charge in [-0.25, -0.2) is 0 Å².